The summed E-state index contributed by atoms with van der Waals surface area (Å²) in [5, 5.41) is 0. The summed E-state index contributed by atoms with van der Waals surface area (Å²) in [6.07, 6.45) is 4.67. The fraction of sp³-hybridized carbons (Fsp3) is 0.542. The quantitative estimate of drug-likeness (QED) is 0.505. The van der Waals surface area contributed by atoms with Crippen LogP contribution in [0, 0.1) is 20.8 Å². The molecular weight excluding hydrogens is 348 g/mol. The Morgan fingerprint density at radius 2 is 1.82 bits per heavy atom. The molecule has 0 saturated heterocycles. The lowest BCUT2D eigenvalue weighted by Crippen LogP contribution is -2.28. The zero-order valence-electron chi connectivity index (χ0n) is 18.4. The number of Topliss-reactive ketones (excluding diaryl/α,β-unsaturated/α-hetero) is 1. The number of likely N-dealkylation sites (N-methyl/N-ethyl adjacent to an activating group) is 1. The van der Waals surface area contributed by atoms with E-state index in [1.54, 1.807) is 7.11 Å². The van der Waals surface area contributed by atoms with Crippen molar-refractivity contribution in [3.63, 3.8) is 0 Å². The maximum atomic E-state index is 12.9. The standard InChI is InChI=1S/C24H36N2O2/c1-7-9-22(28-6)10-8-15-25(5)17-24(27)23-16-19(3)26(20(23)4)21-13-11-18(2)12-14-21/h11-14,16,22H,7-10,15,17H2,1-6H3. The normalized spacial score (nSPS) is 12.5. The number of aromatic nitrogens is 1. The molecule has 1 aromatic carbocycles. The van der Waals surface area contributed by atoms with Crippen molar-refractivity contribution in [3.05, 3.63) is 52.8 Å². The van der Waals surface area contributed by atoms with Gasteiger partial charge in [-0.2, -0.15) is 0 Å². The molecule has 0 aliphatic heterocycles. The molecule has 28 heavy (non-hydrogen) atoms. The predicted octanol–water partition coefficient (Wildman–Crippen LogP) is 5.11. The molecule has 0 amide bonds. The Morgan fingerprint density at radius 1 is 1.14 bits per heavy atom. The molecule has 0 radical (unpaired) electrons. The summed E-state index contributed by atoms with van der Waals surface area (Å²) in [5.41, 5.74) is 5.27. The number of ether oxygens (including phenoxy) is 1. The van der Waals surface area contributed by atoms with Crippen LogP contribution in [0.2, 0.25) is 0 Å². The molecule has 0 aliphatic rings. The fourth-order valence-corrected chi connectivity index (χ4v) is 3.84. The highest BCUT2D eigenvalue weighted by atomic mass is 16.5. The van der Waals surface area contributed by atoms with E-state index in [2.05, 4.69) is 54.5 Å². The molecule has 154 valence electrons. The minimum Gasteiger partial charge on any atom is -0.381 e. The van der Waals surface area contributed by atoms with Crippen molar-refractivity contribution in [2.24, 2.45) is 0 Å². The first-order valence-corrected chi connectivity index (χ1v) is 10.4. The average Bonchev–Trinajstić information content (AvgIpc) is 2.96. The number of nitrogens with zero attached hydrogens (tertiary/aromatic N) is 2. The Morgan fingerprint density at radius 3 is 2.43 bits per heavy atom. The molecule has 4 heteroatoms. The number of ketones is 1. The predicted molar refractivity (Wildman–Crippen MR) is 117 cm³/mol. The molecule has 1 unspecified atom stereocenters. The Balaban J connectivity index is 1.99. The van der Waals surface area contributed by atoms with E-state index in [9.17, 15) is 4.79 Å². The van der Waals surface area contributed by atoms with Gasteiger partial charge in [0.05, 0.1) is 12.6 Å². The van der Waals surface area contributed by atoms with Gasteiger partial charge in [-0.05, 0) is 71.8 Å². The van der Waals surface area contributed by atoms with Crippen LogP contribution < -0.4 is 0 Å². The molecule has 0 bridgehead atoms. The Bertz CT molecular complexity index is 762. The van der Waals surface area contributed by atoms with Gasteiger partial charge in [0.25, 0.3) is 0 Å². The maximum Gasteiger partial charge on any atom is 0.178 e. The third-order valence-corrected chi connectivity index (χ3v) is 5.45. The van der Waals surface area contributed by atoms with E-state index >= 15 is 0 Å². The summed E-state index contributed by atoms with van der Waals surface area (Å²) in [7, 11) is 3.82. The van der Waals surface area contributed by atoms with Crippen molar-refractivity contribution in [2.75, 3.05) is 27.2 Å². The molecule has 4 nitrogen and oxygen atoms in total. The molecule has 0 N–H and O–H groups in total. The molecule has 0 aliphatic carbocycles. The Labute approximate surface area is 170 Å². The van der Waals surface area contributed by atoms with E-state index in [0.29, 0.717) is 12.6 Å². The van der Waals surface area contributed by atoms with Gasteiger partial charge in [0, 0.05) is 29.7 Å². The lowest BCUT2D eigenvalue weighted by Gasteiger charge is -2.18. The van der Waals surface area contributed by atoms with Crippen LogP contribution in [-0.2, 0) is 4.74 Å². The molecule has 2 rings (SSSR count). The molecule has 2 aromatic rings. The van der Waals surface area contributed by atoms with Crippen molar-refractivity contribution < 1.29 is 9.53 Å². The number of carbonyl (C=O) groups is 1. The number of carbonyl (C=O) groups excluding carboxylic acids is 1. The molecule has 0 saturated carbocycles. The highest BCUT2D eigenvalue weighted by Gasteiger charge is 2.18. The lowest BCUT2D eigenvalue weighted by molar-refractivity contribution is 0.0817. The Kier molecular flexibility index (Phi) is 8.46. The van der Waals surface area contributed by atoms with Crippen LogP contribution in [0.1, 0.15) is 59.9 Å². The van der Waals surface area contributed by atoms with Crippen LogP contribution in [0.25, 0.3) is 5.69 Å². The zero-order chi connectivity index (χ0) is 20.7. The largest absolute Gasteiger partial charge is 0.381 e. The maximum absolute atomic E-state index is 12.9. The van der Waals surface area contributed by atoms with Gasteiger partial charge in [-0.25, -0.2) is 0 Å². The molecule has 1 atom stereocenters. The molecule has 0 spiro atoms. The Hall–Kier alpha value is -1.91. The van der Waals surface area contributed by atoms with Crippen molar-refractivity contribution in [3.8, 4) is 5.69 Å². The highest BCUT2D eigenvalue weighted by molar-refractivity contribution is 5.99. The van der Waals surface area contributed by atoms with Crippen molar-refractivity contribution in [1.29, 1.82) is 0 Å². The summed E-state index contributed by atoms with van der Waals surface area (Å²) >= 11 is 0. The summed E-state index contributed by atoms with van der Waals surface area (Å²) in [6.45, 7) is 9.72. The number of rotatable bonds is 11. The third kappa shape index (κ3) is 5.79. The monoisotopic (exact) mass is 384 g/mol. The minimum atomic E-state index is 0.186. The van der Waals surface area contributed by atoms with Gasteiger partial charge in [0.1, 0.15) is 0 Å². The van der Waals surface area contributed by atoms with Gasteiger partial charge in [-0.1, -0.05) is 31.0 Å². The van der Waals surface area contributed by atoms with E-state index in [4.69, 9.17) is 4.74 Å². The average molecular weight is 385 g/mol. The van der Waals surface area contributed by atoms with E-state index in [-0.39, 0.29) is 5.78 Å². The zero-order valence-corrected chi connectivity index (χ0v) is 18.4. The van der Waals surface area contributed by atoms with Crippen LogP contribution >= 0.6 is 0 Å². The van der Waals surface area contributed by atoms with Gasteiger partial charge in [-0.15, -0.1) is 0 Å². The summed E-state index contributed by atoms with van der Waals surface area (Å²) < 4.78 is 7.68. The van der Waals surface area contributed by atoms with Gasteiger partial charge in [-0.3, -0.25) is 9.69 Å². The van der Waals surface area contributed by atoms with Gasteiger partial charge in [0.2, 0.25) is 0 Å². The molecule has 0 fully saturated rings. The third-order valence-electron chi connectivity index (χ3n) is 5.45. The topological polar surface area (TPSA) is 34.5 Å². The number of benzene rings is 1. The molecular formula is C24H36N2O2. The first kappa shape index (κ1) is 22.4. The first-order valence-electron chi connectivity index (χ1n) is 10.4. The van der Waals surface area contributed by atoms with Gasteiger partial charge >= 0.3 is 0 Å². The SMILES string of the molecule is CCCC(CCCN(C)CC(=O)c1cc(C)n(-c2ccc(C)cc2)c1C)OC. The van der Waals surface area contributed by atoms with Crippen LogP contribution in [-0.4, -0.2) is 48.6 Å². The van der Waals surface area contributed by atoms with Crippen molar-refractivity contribution in [1.82, 2.24) is 9.47 Å². The second kappa shape index (κ2) is 10.6. The van der Waals surface area contributed by atoms with Gasteiger partial charge < -0.3 is 9.30 Å². The summed E-state index contributed by atoms with van der Waals surface area (Å²) in [5.74, 6) is 0.186. The molecule has 1 heterocycles. The van der Waals surface area contributed by atoms with Crippen LogP contribution in [0.3, 0.4) is 0 Å². The highest BCUT2D eigenvalue weighted by Crippen LogP contribution is 2.22. The van der Waals surface area contributed by atoms with Crippen LogP contribution in [0.15, 0.2) is 30.3 Å². The van der Waals surface area contributed by atoms with Crippen molar-refractivity contribution in [2.45, 2.75) is 59.5 Å². The molecule has 1 aromatic heterocycles. The number of aryl methyl sites for hydroxylation is 2. The second-order valence-electron chi connectivity index (χ2n) is 7.91. The summed E-state index contributed by atoms with van der Waals surface area (Å²) in [6, 6.07) is 10.5. The first-order chi connectivity index (χ1) is 13.4. The van der Waals surface area contributed by atoms with Crippen molar-refractivity contribution >= 4 is 5.78 Å². The van der Waals surface area contributed by atoms with E-state index in [0.717, 1.165) is 54.9 Å². The van der Waals surface area contributed by atoms with E-state index in [1.807, 2.05) is 20.0 Å². The van der Waals surface area contributed by atoms with E-state index in [1.165, 1.54) is 5.56 Å². The summed E-state index contributed by atoms with van der Waals surface area (Å²) in [4.78, 5) is 15.0. The van der Waals surface area contributed by atoms with Crippen LogP contribution in [0.4, 0.5) is 0 Å². The van der Waals surface area contributed by atoms with Gasteiger partial charge in [0.15, 0.2) is 5.78 Å². The number of hydrogen-bond acceptors (Lipinski definition) is 3. The smallest absolute Gasteiger partial charge is 0.178 e. The second-order valence-corrected chi connectivity index (χ2v) is 7.91. The minimum absolute atomic E-state index is 0.186. The van der Waals surface area contributed by atoms with E-state index < -0.39 is 0 Å². The van der Waals surface area contributed by atoms with Crippen LogP contribution in [0.5, 0.6) is 0 Å². The number of methoxy groups -OCH3 is 1. The lowest BCUT2D eigenvalue weighted by atomic mass is 10.1. The number of hydrogen-bond donors (Lipinski definition) is 0. The fourth-order valence-electron chi connectivity index (χ4n) is 3.84.